The Hall–Kier alpha value is -3.12. The van der Waals surface area contributed by atoms with E-state index in [1.807, 2.05) is 0 Å². The van der Waals surface area contributed by atoms with E-state index in [1.165, 1.54) is 19.4 Å². The number of H-pyrrole nitrogens is 1. The molecule has 5 N–H and O–H groups in total. The van der Waals surface area contributed by atoms with Crippen molar-refractivity contribution in [3.05, 3.63) is 18.2 Å². The zero-order valence-corrected chi connectivity index (χ0v) is 13.5. The summed E-state index contributed by atoms with van der Waals surface area (Å²) in [5, 5.41) is 21.0. The highest BCUT2D eigenvalue weighted by molar-refractivity contribution is 5.84. The number of carboxylic acids is 2. The van der Waals surface area contributed by atoms with E-state index < -0.39 is 30.1 Å². The lowest BCUT2D eigenvalue weighted by Crippen LogP contribution is -2.43. The maximum atomic E-state index is 11.5. The first-order chi connectivity index (χ1) is 11.9. The summed E-state index contributed by atoms with van der Waals surface area (Å²) in [5.41, 5.74) is 0.620. The van der Waals surface area contributed by atoms with Crippen LogP contribution >= 0.6 is 0 Å². The molecule has 1 atom stereocenters. The van der Waals surface area contributed by atoms with Gasteiger partial charge in [0.15, 0.2) is 0 Å². The number of nitrogens with one attached hydrogen (secondary N) is 3. The van der Waals surface area contributed by atoms with Crippen LogP contribution in [0.5, 0.6) is 0 Å². The van der Waals surface area contributed by atoms with Crippen LogP contribution in [0, 0.1) is 0 Å². The predicted octanol–water partition coefficient (Wildman–Crippen LogP) is -0.319. The first-order valence-corrected chi connectivity index (χ1v) is 6.97. The number of aromatic nitrogens is 2. The summed E-state index contributed by atoms with van der Waals surface area (Å²) < 4.78 is 31.7. The lowest BCUT2D eigenvalue weighted by molar-refractivity contribution is -0.192. The van der Waals surface area contributed by atoms with Crippen molar-refractivity contribution in [2.24, 2.45) is 0 Å². The van der Waals surface area contributed by atoms with Crippen molar-refractivity contribution in [2.75, 3.05) is 6.54 Å². The fourth-order valence-electron chi connectivity index (χ4n) is 1.43. The van der Waals surface area contributed by atoms with Gasteiger partial charge in [0.05, 0.1) is 6.33 Å². The van der Waals surface area contributed by atoms with Crippen molar-refractivity contribution in [1.82, 2.24) is 20.6 Å². The number of aromatic amines is 1. The predicted molar refractivity (Wildman–Crippen MR) is 78.8 cm³/mol. The van der Waals surface area contributed by atoms with Crippen molar-refractivity contribution in [3.63, 3.8) is 0 Å². The van der Waals surface area contributed by atoms with Crippen LogP contribution < -0.4 is 10.6 Å². The van der Waals surface area contributed by atoms with E-state index in [2.05, 4.69) is 20.6 Å². The molecule has 0 aliphatic carbocycles. The molecule has 0 aliphatic rings. The van der Waals surface area contributed by atoms with Crippen LogP contribution in [0.15, 0.2) is 12.5 Å². The van der Waals surface area contributed by atoms with Crippen LogP contribution in [-0.4, -0.2) is 62.7 Å². The maximum Gasteiger partial charge on any atom is 0.490 e. The molecule has 0 saturated heterocycles. The molecule has 1 aromatic rings. The Morgan fingerprint density at radius 3 is 2.23 bits per heavy atom. The fourth-order valence-corrected chi connectivity index (χ4v) is 1.43. The number of carbonyl (C=O) groups excluding carboxylic acids is 2. The highest BCUT2D eigenvalue weighted by Crippen LogP contribution is 2.13. The Bertz CT molecular complexity index is 618. The van der Waals surface area contributed by atoms with E-state index in [0.29, 0.717) is 5.69 Å². The van der Waals surface area contributed by atoms with Gasteiger partial charge in [0.2, 0.25) is 11.8 Å². The minimum Gasteiger partial charge on any atom is -0.480 e. The standard InChI is InChI=1S/C11H16N4O4.C2HF3O2/c1-7(16)13-3-2-10(17)15-9(11(18)19)4-8-5-12-6-14-8;3-2(4,5)1(6)7/h5-6,9H,2-4H2,1H3,(H,12,14)(H,13,16)(H,15,17)(H,18,19);(H,6,7)/t9-;/m1./s1. The zero-order valence-electron chi connectivity index (χ0n) is 13.5. The van der Waals surface area contributed by atoms with Crippen LogP contribution in [-0.2, 0) is 25.6 Å². The van der Waals surface area contributed by atoms with E-state index in [-0.39, 0.29) is 25.3 Å². The number of amides is 2. The summed E-state index contributed by atoms with van der Waals surface area (Å²) in [6.07, 6.45) is -1.99. The number of rotatable bonds is 7. The van der Waals surface area contributed by atoms with Gasteiger partial charge >= 0.3 is 18.1 Å². The molecule has 146 valence electrons. The molecule has 1 heterocycles. The molecular formula is C13H17F3N4O6. The third-order valence-electron chi connectivity index (χ3n) is 2.58. The molecule has 13 heteroatoms. The minimum atomic E-state index is -5.08. The molecule has 1 aromatic heterocycles. The lowest BCUT2D eigenvalue weighted by atomic mass is 10.1. The molecule has 0 unspecified atom stereocenters. The summed E-state index contributed by atoms with van der Waals surface area (Å²) >= 11 is 0. The molecule has 0 saturated carbocycles. The summed E-state index contributed by atoms with van der Waals surface area (Å²) in [4.78, 5) is 48.6. The molecule has 0 spiro atoms. The van der Waals surface area contributed by atoms with Crippen molar-refractivity contribution >= 4 is 23.8 Å². The van der Waals surface area contributed by atoms with Gasteiger partial charge in [-0.15, -0.1) is 0 Å². The third-order valence-corrected chi connectivity index (χ3v) is 2.58. The van der Waals surface area contributed by atoms with E-state index in [0.717, 1.165) is 0 Å². The monoisotopic (exact) mass is 382 g/mol. The van der Waals surface area contributed by atoms with Gasteiger partial charge < -0.3 is 25.8 Å². The molecule has 0 bridgehead atoms. The number of carboxylic acid groups (broad SMARTS) is 2. The summed E-state index contributed by atoms with van der Waals surface area (Å²) in [6.45, 7) is 1.52. The first kappa shape index (κ1) is 22.9. The van der Waals surface area contributed by atoms with Gasteiger partial charge in [-0.05, 0) is 0 Å². The normalized spacial score (nSPS) is 11.5. The molecule has 26 heavy (non-hydrogen) atoms. The van der Waals surface area contributed by atoms with Crippen molar-refractivity contribution < 1.29 is 42.6 Å². The van der Waals surface area contributed by atoms with E-state index >= 15 is 0 Å². The maximum absolute atomic E-state index is 11.5. The highest BCUT2D eigenvalue weighted by atomic mass is 19.4. The van der Waals surface area contributed by atoms with Gasteiger partial charge in [0.1, 0.15) is 6.04 Å². The van der Waals surface area contributed by atoms with Crippen molar-refractivity contribution in [2.45, 2.75) is 32.0 Å². The Balaban J connectivity index is 0.000000758. The summed E-state index contributed by atoms with van der Waals surface area (Å²) in [5.74, 6) is -4.55. The van der Waals surface area contributed by atoms with Crippen LogP contribution in [0.2, 0.25) is 0 Å². The number of nitrogens with zero attached hydrogens (tertiary/aromatic N) is 1. The van der Waals surface area contributed by atoms with Gasteiger partial charge in [-0.25, -0.2) is 14.6 Å². The Morgan fingerprint density at radius 2 is 1.85 bits per heavy atom. The zero-order chi connectivity index (χ0) is 20.3. The average molecular weight is 382 g/mol. The molecule has 0 aromatic carbocycles. The van der Waals surface area contributed by atoms with Gasteiger partial charge in [-0.1, -0.05) is 0 Å². The Labute approximate surface area is 144 Å². The fraction of sp³-hybridized carbons (Fsp3) is 0.462. The van der Waals surface area contributed by atoms with Gasteiger partial charge in [0, 0.05) is 38.2 Å². The summed E-state index contributed by atoms with van der Waals surface area (Å²) in [7, 11) is 0. The quantitative estimate of drug-likeness (QED) is 0.432. The van der Waals surface area contributed by atoms with E-state index in [9.17, 15) is 27.6 Å². The second kappa shape index (κ2) is 10.7. The van der Waals surface area contributed by atoms with E-state index in [4.69, 9.17) is 15.0 Å². The first-order valence-electron chi connectivity index (χ1n) is 6.97. The molecule has 0 aliphatic heterocycles. The highest BCUT2D eigenvalue weighted by Gasteiger charge is 2.38. The lowest BCUT2D eigenvalue weighted by Gasteiger charge is -2.13. The van der Waals surface area contributed by atoms with Crippen LogP contribution in [0.4, 0.5) is 13.2 Å². The van der Waals surface area contributed by atoms with Gasteiger partial charge in [-0.2, -0.15) is 13.2 Å². The largest absolute Gasteiger partial charge is 0.490 e. The molecular weight excluding hydrogens is 365 g/mol. The third kappa shape index (κ3) is 10.6. The average Bonchev–Trinajstić information content (AvgIpc) is 2.98. The number of aliphatic carboxylic acids is 2. The van der Waals surface area contributed by atoms with Gasteiger partial charge in [-0.3, -0.25) is 9.59 Å². The second-order valence-electron chi connectivity index (χ2n) is 4.78. The molecule has 2 amide bonds. The smallest absolute Gasteiger partial charge is 0.480 e. The summed E-state index contributed by atoms with van der Waals surface area (Å²) in [6, 6.07) is -1.02. The topological polar surface area (TPSA) is 161 Å². The Morgan fingerprint density at radius 1 is 1.27 bits per heavy atom. The van der Waals surface area contributed by atoms with Crippen molar-refractivity contribution in [1.29, 1.82) is 0 Å². The number of carbonyl (C=O) groups is 4. The second-order valence-corrected chi connectivity index (χ2v) is 4.78. The van der Waals surface area contributed by atoms with Crippen molar-refractivity contribution in [3.8, 4) is 0 Å². The minimum absolute atomic E-state index is 0.0341. The molecule has 0 fully saturated rings. The van der Waals surface area contributed by atoms with Gasteiger partial charge in [0.25, 0.3) is 0 Å². The van der Waals surface area contributed by atoms with E-state index in [1.54, 1.807) is 0 Å². The molecule has 10 nitrogen and oxygen atoms in total. The number of imidazole rings is 1. The number of alkyl halides is 3. The van der Waals surface area contributed by atoms with Crippen LogP contribution in [0.25, 0.3) is 0 Å². The number of hydrogen-bond donors (Lipinski definition) is 5. The number of hydrogen-bond acceptors (Lipinski definition) is 5. The number of halogens is 3. The Kier molecular flexibility index (Phi) is 9.40. The SMILES string of the molecule is CC(=O)NCCC(=O)N[C@H](Cc1cnc[nH]1)C(=O)O.O=C(O)C(F)(F)F. The van der Waals surface area contributed by atoms with Crippen LogP contribution in [0.1, 0.15) is 19.0 Å². The van der Waals surface area contributed by atoms with Crippen LogP contribution in [0.3, 0.4) is 0 Å². The molecule has 1 rings (SSSR count). The molecule has 0 radical (unpaired) electrons.